The van der Waals surface area contributed by atoms with Crippen LogP contribution in [-0.4, -0.2) is 55.1 Å². The second-order valence-corrected chi connectivity index (χ2v) is 19.5. The summed E-state index contributed by atoms with van der Waals surface area (Å²) in [4.78, 5) is 23.9. The topological polar surface area (TPSA) is 133 Å². The molecule has 0 amide bonds. The first-order valence-corrected chi connectivity index (χ1v) is 21.7. The van der Waals surface area contributed by atoms with Gasteiger partial charge in [0.05, 0.1) is 38.3 Å². The summed E-state index contributed by atoms with van der Waals surface area (Å²) in [5, 5.41) is 19.4. The summed E-state index contributed by atoms with van der Waals surface area (Å²) in [7, 11) is -2.03. The maximum Gasteiger partial charge on any atom is 0.435 e. The summed E-state index contributed by atoms with van der Waals surface area (Å²) in [6.07, 6.45) is -3.53. The smallest absolute Gasteiger partial charge is 0.383 e. The van der Waals surface area contributed by atoms with Gasteiger partial charge in [0.25, 0.3) is 5.92 Å². The summed E-state index contributed by atoms with van der Waals surface area (Å²) in [6.45, 7) is 2.11. The molecule has 10 nitrogen and oxygen atoms in total. The van der Waals surface area contributed by atoms with Crippen LogP contribution in [-0.2, 0) is 58.1 Å². The second kappa shape index (κ2) is 14.4. The van der Waals surface area contributed by atoms with Crippen LogP contribution in [0.1, 0.15) is 77.4 Å². The fourth-order valence-electron chi connectivity index (χ4n) is 8.23. The Kier molecular flexibility index (Phi) is 10.1. The first-order chi connectivity index (χ1) is 27.9. The van der Waals surface area contributed by atoms with Crippen molar-refractivity contribution in [3.8, 4) is 21.7 Å². The Morgan fingerprint density at radius 1 is 1.07 bits per heavy atom. The van der Waals surface area contributed by atoms with Gasteiger partial charge in [-0.2, -0.15) is 32.1 Å². The number of hydrogen-bond acceptors (Lipinski definition) is 9. The molecule has 3 atom stereocenters. The Morgan fingerprint density at radius 2 is 1.75 bits per heavy atom. The van der Waals surface area contributed by atoms with Crippen molar-refractivity contribution in [3.63, 3.8) is 0 Å². The number of aromatic nitrogens is 6. The summed E-state index contributed by atoms with van der Waals surface area (Å²) in [5.41, 5.74) is -2.57. The van der Waals surface area contributed by atoms with Crippen LogP contribution in [0, 0.1) is 17.6 Å². The standard InChI is InChI=1S/C40H34ClF7N6O4S2/c1-38(2,56)37-49-15-30(59-37)28-8-6-23(24-5-7-27(41)32-29(17-60(4,57)58)51-53(3)34(24)32)33(50-28)19(9-18-10-20(42)13-21(43)11-18)12-22(55)16-54-36-31(35(52-54)40(46,47)48)25-14-26(25)39(36,44)45/h5-8,10-11,13,15,19,25-26,56H,9,12,14,16-17H2,1-4H3/t19-,25+,26-/m1/s1. The van der Waals surface area contributed by atoms with Crippen molar-refractivity contribution in [2.45, 2.75) is 74.9 Å². The first kappa shape index (κ1) is 42.0. The van der Waals surface area contributed by atoms with E-state index in [1.54, 1.807) is 39.1 Å². The molecule has 60 heavy (non-hydrogen) atoms. The second-order valence-electron chi connectivity index (χ2n) is 15.9. The minimum absolute atomic E-state index is 0.0775. The fourth-order valence-corrected chi connectivity index (χ4v) is 10.1. The number of alkyl halides is 5. The molecule has 2 aromatic carbocycles. The lowest BCUT2D eigenvalue weighted by Gasteiger charge is -2.22. The first-order valence-electron chi connectivity index (χ1n) is 18.5. The van der Waals surface area contributed by atoms with E-state index in [1.807, 2.05) is 0 Å². The zero-order chi connectivity index (χ0) is 43.4. The molecule has 6 aromatic rings. The number of pyridine rings is 1. The number of sulfone groups is 1. The van der Waals surface area contributed by atoms with Crippen LogP contribution in [0.4, 0.5) is 30.7 Å². The van der Waals surface area contributed by atoms with Gasteiger partial charge in [-0.05, 0) is 62.4 Å². The number of benzene rings is 2. The van der Waals surface area contributed by atoms with Gasteiger partial charge in [-0.25, -0.2) is 22.2 Å². The van der Waals surface area contributed by atoms with Crippen LogP contribution in [0.5, 0.6) is 0 Å². The number of aryl methyl sites for hydroxylation is 1. The Balaban J connectivity index is 1.30. The van der Waals surface area contributed by atoms with Crippen LogP contribution < -0.4 is 0 Å². The Labute approximate surface area is 347 Å². The molecule has 4 aromatic heterocycles. The van der Waals surface area contributed by atoms with Gasteiger partial charge in [-0.1, -0.05) is 23.7 Å². The van der Waals surface area contributed by atoms with Crippen molar-refractivity contribution < 1.29 is 49.1 Å². The third kappa shape index (κ3) is 7.73. The zero-order valence-corrected chi connectivity index (χ0v) is 34.5. The van der Waals surface area contributed by atoms with Gasteiger partial charge < -0.3 is 5.11 Å². The molecule has 316 valence electrons. The summed E-state index contributed by atoms with van der Waals surface area (Å²) in [6, 6.07) is 9.17. The van der Waals surface area contributed by atoms with E-state index in [2.05, 4.69) is 15.2 Å². The lowest BCUT2D eigenvalue weighted by Crippen LogP contribution is -2.24. The monoisotopic (exact) mass is 894 g/mol. The van der Waals surface area contributed by atoms with Gasteiger partial charge in [0, 0.05) is 65.9 Å². The number of thiazole rings is 1. The van der Waals surface area contributed by atoms with Crippen LogP contribution in [0.2, 0.25) is 5.02 Å². The molecule has 20 heteroatoms. The molecule has 0 unspecified atom stereocenters. The van der Waals surface area contributed by atoms with Gasteiger partial charge in [0.15, 0.2) is 21.3 Å². The molecule has 0 bridgehead atoms. The number of hydrogen-bond donors (Lipinski definition) is 1. The van der Waals surface area contributed by atoms with Crippen molar-refractivity contribution >= 4 is 49.5 Å². The molecule has 0 radical (unpaired) electrons. The number of halogens is 8. The van der Waals surface area contributed by atoms with Gasteiger partial charge in [0.2, 0.25) is 0 Å². The molecule has 0 spiro atoms. The molecule has 1 saturated carbocycles. The van der Waals surface area contributed by atoms with E-state index in [0.717, 1.165) is 29.7 Å². The van der Waals surface area contributed by atoms with E-state index in [1.165, 1.54) is 16.9 Å². The highest BCUT2D eigenvalue weighted by atomic mass is 35.5. The summed E-state index contributed by atoms with van der Waals surface area (Å²) < 4.78 is 129. The number of fused-ring (bicyclic) bond motifs is 4. The normalized spacial score (nSPS) is 17.9. The third-order valence-corrected chi connectivity index (χ3v) is 13.1. The quantitative estimate of drug-likeness (QED) is 0.121. The SMILES string of the molecule is Cn1nc(CS(C)(=O)=O)c2c(Cl)ccc(-c3ccc(-c4cnc(C(C)(C)O)s4)nc3[C@@H](CC(=O)Cn3nc(C(F)(F)F)c4c3C(F)(F)[C@@H]3C[C@H]43)Cc3cc(F)cc(F)c3)c21. The van der Waals surface area contributed by atoms with Gasteiger partial charge >= 0.3 is 6.18 Å². The van der Waals surface area contributed by atoms with Crippen molar-refractivity contribution in [1.82, 2.24) is 29.5 Å². The lowest BCUT2D eigenvalue weighted by molar-refractivity contribution is -0.142. The van der Waals surface area contributed by atoms with E-state index in [-0.39, 0.29) is 34.8 Å². The maximum atomic E-state index is 15.5. The predicted octanol–water partition coefficient (Wildman–Crippen LogP) is 8.87. The van der Waals surface area contributed by atoms with E-state index >= 15 is 8.78 Å². The van der Waals surface area contributed by atoms with Crippen molar-refractivity contribution in [2.24, 2.45) is 13.0 Å². The largest absolute Gasteiger partial charge is 0.435 e. The number of carbonyl (C=O) groups excluding carboxylic acids is 1. The van der Waals surface area contributed by atoms with Crippen LogP contribution in [0.3, 0.4) is 0 Å². The van der Waals surface area contributed by atoms with E-state index < -0.39 is 98.4 Å². The minimum atomic E-state index is -5.06. The zero-order valence-electron chi connectivity index (χ0n) is 32.1. The summed E-state index contributed by atoms with van der Waals surface area (Å²) in [5.74, 6) is -10.3. The van der Waals surface area contributed by atoms with Crippen LogP contribution in [0.25, 0.3) is 32.6 Å². The lowest BCUT2D eigenvalue weighted by atomic mass is 9.86. The fraction of sp³-hybridized carbons (Fsp3) is 0.375. The number of nitrogens with zero attached hydrogens (tertiary/aromatic N) is 6. The molecule has 2 aliphatic rings. The summed E-state index contributed by atoms with van der Waals surface area (Å²) >= 11 is 7.78. The number of Topliss-reactive ketones (excluding diaryl/α,β-unsaturated/α-hetero) is 1. The highest BCUT2D eigenvalue weighted by Crippen LogP contribution is 2.68. The number of carbonyl (C=O) groups is 1. The predicted molar refractivity (Wildman–Crippen MR) is 208 cm³/mol. The van der Waals surface area contributed by atoms with Crippen LogP contribution in [0.15, 0.2) is 48.7 Å². The van der Waals surface area contributed by atoms with Gasteiger partial charge in [-0.3, -0.25) is 19.1 Å². The Bertz CT molecular complexity index is 2830. The molecule has 0 aliphatic heterocycles. The Hall–Kier alpha value is -4.72. The van der Waals surface area contributed by atoms with Crippen molar-refractivity contribution in [1.29, 1.82) is 0 Å². The number of ketones is 1. The molecule has 4 heterocycles. The molecule has 0 saturated heterocycles. The Morgan fingerprint density at radius 3 is 2.38 bits per heavy atom. The van der Waals surface area contributed by atoms with E-state index in [4.69, 9.17) is 16.6 Å². The molecule has 1 fully saturated rings. The average Bonchev–Trinajstić information content (AvgIpc) is 3.36. The van der Waals surface area contributed by atoms with E-state index in [9.17, 15) is 40.3 Å². The van der Waals surface area contributed by atoms with Gasteiger partial charge in [-0.15, -0.1) is 11.3 Å². The highest BCUT2D eigenvalue weighted by Gasteiger charge is 2.68. The van der Waals surface area contributed by atoms with Crippen molar-refractivity contribution in [2.75, 3.05) is 6.26 Å². The molecular weight excluding hydrogens is 861 g/mol. The van der Waals surface area contributed by atoms with Gasteiger partial charge in [0.1, 0.15) is 34.5 Å². The molecule has 1 N–H and O–H groups in total. The molecule has 2 aliphatic carbocycles. The minimum Gasteiger partial charge on any atom is -0.383 e. The average molecular weight is 895 g/mol. The number of aliphatic hydroxyl groups is 1. The molecule has 8 rings (SSSR count). The third-order valence-electron chi connectivity index (χ3n) is 10.7. The molecular formula is C40H34ClF7N6O4S2. The number of rotatable bonds is 12. The van der Waals surface area contributed by atoms with E-state index in [0.29, 0.717) is 48.4 Å². The van der Waals surface area contributed by atoms with Crippen molar-refractivity contribution in [3.05, 3.63) is 104 Å². The maximum absolute atomic E-state index is 15.5. The van der Waals surface area contributed by atoms with Crippen LogP contribution >= 0.6 is 22.9 Å². The highest BCUT2D eigenvalue weighted by molar-refractivity contribution is 7.89.